The number of fused-ring (bicyclic) bond motifs is 1. The standard InChI is InChI=1S/C27H28N2O7S/c1-35-24-13-12-21(16-25(24)36-2)37(33,34)29(23(27(31)32)14-18-8-4-3-5-9-18)26(30)22-15-19-10-6-7-11-20(19)17-28-22/h3-13,16,22-23,28H,14-15,17H2,1-2H3,(H,31,32)/t22-,23-/m0/s1. The van der Waals surface area contributed by atoms with E-state index in [1.807, 2.05) is 24.3 Å². The van der Waals surface area contributed by atoms with E-state index in [1.54, 1.807) is 30.3 Å². The van der Waals surface area contributed by atoms with Crippen LogP contribution < -0.4 is 14.8 Å². The van der Waals surface area contributed by atoms with E-state index in [4.69, 9.17) is 9.47 Å². The minimum absolute atomic E-state index is 0.135. The number of rotatable bonds is 9. The molecule has 194 valence electrons. The van der Waals surface area contributed by atoms with Crippen molar-refractivity contribution in [3.05, 3.63) is 89.5 Å². The molecule has 1 amide bonds. The highest BCUT2D eigenvalue weighted by Crippen LogP contribution is 2.32. The fourth-order valence-electron chi connectivity index (χ4n) is 4.42. The maximum Gasteiger partial charge on any atom is 0.328 e. The number of nitrogens with one attached hydrogen (secondary N) is 1. The molecule has 9 nitrogen and oxygen atoms in total. The number of carboxylic acids is 1. The number of sulfonamides is 1. The van der Waals surface area contributed by atoms with Crippen molar-refractivity contribution in [2.24, 2.45) is 0 Å². The van der Waals surface area contributed by atoms with Crippen molar-refractivity contribution in [1.29, 1.82) is 0 Å². The predicted molar refractivity (Wildman–Crippen MR) is 136 cm³/mol. The quantitative estimate of drug-likeness (QED) is 0.438. The van der Waals surface area contributed by atoms with E-state index < -0.39 is 34.0 Å². The maximum absolute atomic E-state index is 14.0. The van der Waals surface area contributed by atoms with Crippen LogP contribution >= 0.6 is 0 Å². The molecule has 0 saturated carbocycles. The van der Waals surface area contributed by atoms with E-state index in [1.165, 1.54) is 32.4 Å². The zero-order valence-electron chi connectivity index (χ0n) is 20.5. The Morgan fingerprint density at radius 3 is 2.27 bits per heavy atom. The van der Waals surface area contributed by atoms with Gasteiger partial charge >= 0.3 is 5.97 Å². The van der Waals surface area contributed by atoms with Crippen LogP contribution in [0.1, 0.15) is 16.7 Å². The number of amides is 1. The van der Waals surface area contributed by atoms with Crippen LogP contribution in [-0.2, 0) is 39.0 Å². The Morgan fingerprint density at radius 2 is 1.62 bits per heavy atom. The van der Waals surface area contributed by atoms with Gasteiger partial charge in [-0.15, -0.1) is 0 Å². The molecular formula is C27H28N2O7S. The Balaban J connectivity index is 1.79. The molecule has 3 aromatic rings. The summed E-state index contributed by atoms with van der Waals surface area (Å²) in [6, 6.07) is 17.4. The smallest absolute Gasteiger partial charge is 0.328 e. The van der Waals surface area contributed by atoms with E-state index in [9.17, 15) is 23.1 Å². The Labute approximate surface area is 215 Å². The van der Waals surface area contributed by atoms with Gasteiger partial charge < -0.3 is 19.9 Å². The molecule has 1 aliphatic rings. The molecule has 10 heteroatoms. The van der Waals surface area contributed by atoms with Crippen molar-refractivity contribution < 1.29 is 32.6 Å². The molecule has 1 aliphatic heterocycles. The summed E-state index contributed by atoms with van der Waals surface area (Å²) in [4.78, 5) is 26.1. The molecule has 2 N–H and O–H groups in total. The lowest BCUT2D eigenvalue weighted by molar-refractivity contribution is -0.146. The third-order valence-electron chi connectivity index (χ3n) is 6.35. The second kappa shape index (κ2) is 11.0. The molecule has 37 heavy (non-hydrogen) atoms. The first-order chi connectivity index (χ1) is 17.8. The van der Waals surface area contributed by atoms with E-state index in [-0.39, 0.29) is 23.5 Å². The van der Waals surface area contributed by atoms with Gasteiger partial charge in [-0.1, -0.05) is 54.6 Å². The van der Waals surface area contributed by atoms with Crippen LogP contribution in [0.2, 0.25) is 0 Å². The van der Waals surface area contributed by atoms with Crippen molar-refractivity contribution in [3.63, 3.8) is 0 Å². The van der Waals surface area contributed by atoms with E-state index in [2.05, 4.69) is 5.32 Å². The summed E-state index contributed by atoms with van der Waals surface area (Å²) >= 11 is 0. The number of methoxy groups -OCH3 is 2. The van der Waals surface area contributed by atoms with E-state index >= 15 is 0 Å². The predicted octanol–water partition coefficient (Wildman–Crippen LogP) is 2.63. The van der Waals surface area contributed by atoms with Crippen molar-refractivity contribution in [2.45, 2.75) is 36.4 Å². The molecule has 4 rings (SSSR count). The lowest BCUT2D eigenvalue weighted by Crippen LogP contribution is -2.57. The van der Waals surface area contributed by atoms with Crippen molar-refractivity contribution in [3.8, 4) is 11.5 Å². The highest BCUT2D eigenvalue weighted by molar-refractivity contribution is 7.89. The van der Waals surface area contributed by atoms with Gasteiger partial charge in [-0.05, 0) is 35.2 Å². The van der Waals surface area contributed by atoms with Crippen molar-refractivity contribution in [1.82, 2.24) is 9.62 Å². The maximum atomic E-state index is 14.0. The molecule has 0 fully saturated rings. The first kappa shape index (κ1) is 26.2. The zero-order chi connectivity index (χ0) is 26.6. The number of ether oxygens (including phenoxy) is 2. The first-order valence-corrected chi connectivity index (χ1v) is 13.1. The van der Waals surface area contributed by atoms with Crippen LogP contribution in [0, 0.1) is 0 Å². The second-order valence-corrected chi connectivity index (χ2v) is 10.4. The fourth-order valence-corrected chi connectivity index (χ4v) is 6.01. The van der Waals surface area contributed by atoms with Gasteiger partial charge in [0.25, 0.3) is 15.9 Å². The molecular weight excluding hydrogens is 496 g/mol. The SMILES string of the molecule is COc1ccc(S(=O)(=O)N(C(=O)[C@@H]2Cc3ccccc3CN2)[C@@H](Cc2ccccc2)C(=O)O)cc1OC. The largest absolute Gasteiger partial charge is 0.493 e. The summed E-state index contributed by atoms with van der Waals surface area (Å²) in [7, 11) is -1.85. The number of carbonyl (C=O) groups excluding carboxylic acids is 1. The van der Waals surface area contributed by atoms with Gasteiger partial charge in [-0.3, -0.25) is 4.79 Å². The summed E-state index contributed by atoms with van der Waals surface area (Å²) in [6.07, 6.45) is 0.0301. The summed E-state index contributed by atoms with van der Waals surface area (Å²) in [5.41, 5.74) is 2.48. The first-order valence-electron chi connectivity index (χ1n) is 11.6. The van der Waals surface area contributed by atoms with Crippen LogP contribution in [0.15, 0.2) is 77.7 Å². The number of carboxylic acid groups (broad SMARTS) is 1. The molecule has 0 aromatic heterocycles. The minimum Gasteiger partial charge on any atom is -0.493 e. The van der Waals surface area contributed by atoms with Crippen LogP contribution in [0.4, 0.5) is 0 Å². The van der Waals surface area contributed by atoms with Gasteiger partial charge in [0.1, 0.15) is 6.04 Å². The number of aliphatic carboxylic acids is 1. The average Bonchev–Trinajstić information content (AvgIpc) is 2.92. The topological polar surface area (TPSA) is 122 Å². The summed E-state index contributed by atoms with van der Waals surface area (Å²) in [5, 5.41) is 13.3. The molecule has 0 unspecified atom stereocenters. The van der Waals surface area contributed by atoms with E-state index in [0.29, 0.717) is 22.2 Å². The van der Waals surface area contributed by atoms with Crippen LogP contribution in [0.5, 0.6) is 11.5 Å². The normalized spacial score (nSPS) is 15.8. The van der Waals surface area contributed by atoms with Gasteiger partial charge in [0, 0.05) is 19.0 Å². The molecule has 0 aliphatic carbocycles. The van der Waals surface area contributed by atoms with Gasteiger partial charge in [-0.25, -0.2) is 17.5 Å². The van der Waals surface area contributed by atoms with Gasteiger partial charge in [0.05, 0.1) is 25.2 Å². The average molecular weight is 525 g/mol. The van der Waals surface area contributed by atoms with Crippen LogP contribution in [0.25, 0.3) is 0 Å². The number of hydrogen-bond donors (Lipinski definition) is 2. The molecule has 2 atom stereocenters. The highest BCUT2D eigenvalue weighted by atomic mass is 32.2. The van der Waals surface area contributed by atoms with Gasteiger partial charge in [0.2, 0.25) is 0 Å². The van der Waals surface area contributed by atoms with Crippen molar-refractivity contribution in [2.75, 3.05) is 14.2 Å². The third kappa shape index (κ3) is 5.45. The fraction of sp³-hybridized carbons (Fsp3) is 0.259. The minimum atomic E-state index is -4.62. The molecule has 0 saturated heterocycles. The zero-order valence-corrected chi connectivity index (χ0v) is 21.3. The Kier molecular flexibility index (Phi) is 7.80. The molecule has 0 spiro atoms. The lowest BCUT2D eigenvalue weighted by atomic mass is 9.95. The van der Waals surface area contributed by atoms with Crippen LogP contribution in [-0.4, -0.2) is 56.0 Å². The Hall–Kier alpha value is -3.89. The molecule has 1 heterocycles. The molecule has 0 bridgehead atoms. The Bertz CT molecular complexity index is 1390. The highest BCUT2D eigenvalue weighted by Gasteiger charge is 2.43. The number of nitrogens with zero attached hydrogens (tertiary/aromatic N) is 1. The van der Waals surface area contributed by atoms with Crippen molar-refractivity contribution >= 4 is 21.9 Å². The summed E-state index contributed by atoms with van der Waals surface area (Å²) in [6.45, 7) is 0.354. The number of hydrogen-bond acceptors (Lipinski definition) is 7. The van der Waals surface area contributed by atoms with Gasteiger partial charge in [-0.2, -0.15) is 0 Å². The molecule has 3 aromatic carbocycles. The Morgan fingerprint density at radius 1 is 0.973 bits per heavy atom. The summed E-state index contributed by atoms with van der Waals surface area (Å²) in [5.74, 6) is -1.84. The van der Waals surface area contributed by atoms with Crippen LogP contribution in [0.3, 0.4) is 0 Å². The third-order valence-corrected chi connectivity index (χ3v) is 8.15. The second-order valence-electron chi connectivity index (χ2n) is 8.61. The monoisotopic (exact) mass is 524 g/mol. The number of carbonyl (C=O) groups is 2. The van der Waals surface area contributed by atoms with Gasteiger partial charge in [0.15, 0.2) is 11.5 Å². The number of benzene rings is 3. The lowest BCUT2D eigenvalue weighted by Gasteiger charge is -2.34. The molecule has 0 radical (unpaired) electrons. The summed E-state index contributed by atoms with van der Waals surface area (Å²) < 4.78 is 38.9. The van der Waals surface area contributed by atoms with E-state index in [0.717, 1.165) is 11.1 Å².